The average Bonchev–Trinajstić information content (AvgIpc) is 3.61. The minimum atomic E-state index is -0.354. The van der Waals surface area contributed by atoms with E-state index >= 15 is 0 Å². The topological polar surface area (TPSA) is 57.6 Å². The summed E-state index contributed by atoms with van der Waals surface area (Å²) < 4.78 is 13.2. The maximum Gasteiger partial charge on any atom is 0.251 e. The van der Waals surface area contributed by atoms with Crippen LogP contribution in [-0.4, -0.2) is 23.1 Å². The lowest BCUT2D eigenvalue weighted by Crippen LogP contribution is -2.31. The smallest absolute Gasteiger partial charge is 0.251 e. The van der Waals surface area contributed by atoms with Crippen LogP contribution in [0.4, 0.5) is 10.1 Å². The van der Waals surface area contributed by atoms with E-state index < -0.39 is 0 Å². The molecule has 5 nitrogen and oxygen atoms in total. The summed E-state index contributed by atoms with van der Waals surface area (Å²) in [5, 5.41) is 3.07. The first-order valence-electron chi connectivity index (χ1n) is 11.7. The number of aliphatic imine (C=N–C) groups is 1. The first-order chi connectivity index (χ1) is 15.9. The highest BCUT2D eigenvalue weighted by Crippen LogP contribution is 2.55. The molecule has 1 amide bonds. The number of carbonyl (C=O) groups is 1. The number of nitrogens with one attached hydrogen (secondary N) is 1. The second-order valence-corrected chi connectivity index (χ2v) is 9.30. The summed E-state index contributed by atoms with van der Waals surface area (Å²) in [4.78, 5) is 25.0. The number of hydrogen-bond donors (Lipinski definition) is 1. The van der Waals surface area contributed by atoms with Gasteiger partial charge < -0.3 is 10.2 Å². The zero-order chi connectivity index (χ0) is 23.1. The number of amides is 1. The van der Waals surface area contributed by atoms with E-state index in [0.29, 0.717) is 17.4 Å². The van der Waals surface area contributed by atoms with Crippen molar-refractivity contribution in [3.63, 3.8) is 0 Å². The van der Waals surface area contributed by atoms with Crippen LogP contribution in [0.5, 0.6) is 0 Å². The van der Waals surface area contributed by atoms with Crippen LogP contribution < -0.4 is 10.2 Å². The van der Waals surface area contributed by atoms with Gasteiger partial charge in [0.1, 0.15) is 11.6 Å². The van der Waals surface area contributed by atoms with Crippen molar-refractivity contribution in [2.24, 2.45) is 10.9 Å². The van der Waals surface area contributed by atoms with E-state index in [1.54, 1.807) is 0 Å². The summed E-state index contributed by atoms with van der Waals surface area (Å²) in [7, 11) is 0. The fourth-order valence-corrected chi connectivity index (χ4v) is 4.84. The predicted molar refractivity (Wildman–Crippen MR) is 129 cm³/mol. The molecular formula is C27H29FN4O. The Morgan fingerprint density at radius 1 is 1.21 bits per heavy atom. The number of benzene rings is 1. The van der Waals surface area contributed by atoms with Gasteiger partial charge in [-0.25, -0.2) is 9.38 Å². The van der Waals surface area contributed by atoms with Gasteiger partial charge >= 0.3 is 0 Å². The number of hydrogen-bond acceptors (Lipinski definition) is 4. The minimum absolute atomic E-state index is 0.204. The van der Waals surface area contributed by atoms with Gasteiger partial charge in [-0.15, -0.1) is 0 Å². The predicted octanol–water partition coefficient (Wildman–Crippen LogP) is 5.68. The molecule has 0 bridgehead atoms. The van der Waals surface area contributed by atoms with Gasteiger partial charge in [0.05, 0.1) is 23.1 Å². The summed E-state index contributed by atoms with van der Waals surface area (Å²) in [5.41, 5.74) is 5.88. The molecule has 1 saturated carbocycles. The summed E-state index contributed by atoms with van der Waals surface area (Å²) in [6.45, 7) is 7.19. The molecule has 1 aromatic carbocycles. The number of rotatable bonds is 5. The maximum atomic E-state index is 13.2. The SMILES string of the molecule is CCC(NC(=O)c1ccc(F)cc1)c1ccc2c(n1)C1CC1CN2C1=CCC(C)=CC(C)=N1. The lowest BCUT2D eigenvalue weighted by molar-refractivity contribution is 0.0934. The Bertz CT molecular complexity index is 1180. The number of carbonyl (C=O) groups excluding carboxylic acids is 1. The number of aromatic nitrogens is 1. The standard InChI is InChI=1S/C27H29FN4O/c1-4-22(31-27(33)18-6-8-20(28)9-7-18)23-10-11-24-26(30-23)21-14-19(21)15-32(24)25-12-5-16(2)13-17(3)29-25/h6-13,19,21-22H,4-5,14-15H2,1-3H3,(H,31,33). The van der Waals surface area contributed by atoms with Crippen LogP contribution in [0.2, 0.25) is 0 Å². The second kappa shape index (κ2) is 8.58. The lowest BCUT2D eigenvalue weighted by atomic mass is 10.0. The molecule has 2 aromatic rings. The first kappa shape index (κ1) is 21.6. The van der Waals surface area contributed by atoms with Crippen LogP contribution >= 0.6 is 0 Å². The molecule has 0 radical (unpaired) electrons. The molecule has 3 atom stereocenters. The molecule has 0 saturated heterocycles. The quantitative estimate of drug-likeness (QED) is 0.646. The van der Waals surface area contributed by atoms with Crippen molar-refractivity contribution < 1.29 is 9.18 Å². The minimum Gasteiger partial charge on any atom is -0.344 e. The van der Waals surface area contributed by atoms with E-state index in [0.717, 1.165) is 54.4 Å². The molecular weight excluding hydrogens is 415 g/mol. The highest BCUT2D eigenvalue weighted by molar-refractivity contribution is 5.95. The third-order valence-electron chi connectivity index (χ3n) is 6.71. The van der Waals surface area contributed by atoms with Gasteiger partial charge in [0.15, 0.2) is 0 Å². The Balaban J connectivity index is 1.42. The molecule has 1 aliphatic carbocycles. The van der Waals surface area contributed by atoms with E-state index in [9.17, 15) is 9.18 Å². The number of anilines is 1. The Hall–Kier alpha value is -3.28. The molecule has 2 aliphatic heterocycles. The number of allylic oxidation sites excluding steroid dienone is 3. The normalized spacial score (nSPS) is 22.2. The molecule has 33 heavy (non-hydrogen) atoms. The van der Waals surface area contributed by atoms with Crippen molar-refractivity contribution in [1.82, 2.24) is 10.3 Å². The molecule has 3 aliphatic rings. The van der Waals surface area contributed by atoms with Crippen molar-refractivity contribution in [1.29, 1.82) is 0 Å². The van der Waals surface area contributed by atoms with Crippen molar-refractivity contribution in [2.75, 3.05) is 11.4 Å². The Morgan fingerprint density at radius 3 is 2.76 bits per heavy atom. The van der Waals surface area contributed by atoms with Crippen molar-refractivity contribution in [3.8, 4) is 0 Å². The fourth-order valence-electron chi connectivity index (χ4n) is 4.84. The third-order valence-corrected chi connectivity index (χ3v) is 6.71. The van der Waals surface area contributed by atoms with E-state index in [-0.39, 0.29) is 17.8 Å². The molecule has 6 heteroatoms. The highest BCUT2D eigenvalue weighted by Gasteiger charge is 2.47. The van der Waals surface area contributed by atoms with Gasteiger partial charge in [-0.1, -0.05) is 12.5 Å². The largest absolute Gasteiger partial charge is 0.344 e. The van der Waals surface area contributed by atoms with Crippen LogP contribution in [0.3, 0.4) is 0 Å². The van der Waals surface area contributed by atoms with E-state index in [1.165, 1.54) is 29.8 Å². The Morgan fingerprint density at radius 2 is 2.00 bits per heavy atom. The van der Waals surface area contributed by atoms with Crippen molar-refractivity contribution in [2.45, 2.75) is 52.0 Å². The van der Waals surface area contributed by atoms with Gasteiger partial charge in [-0.3, -0.25) is 9.78 Å². The molecule has 1 fully saturated rings. The van der Waals surface area contributed by atoms with Crippen molar-refractivity contribution in [3.05, 3.63) is 82.7 Å². The number of pyridine rings is 1. The van der Waals surface area contributed by atoms with Crippen LogP contribution in [0, 0.1) is 11.7 Å². The fraction of sp³-hybridized carbons (Fsp3) is 0.370. The zero-order valence-electron chi connectivity index (χ0n) is 19.3. The van der Waals surface area contributed by atoms with Crippen LogP contribution in [0.1, 0.15) is 73.7 Å². The second-order valence-electron chi connectivity index (χ2n) is 9.30. The number of nitrogens with zero attached hydrogens (tertiary/aromatic N) is 3. The monoisotopic (exact) mass is 444 g/mol. The third kappa shape index (κ3) is 4.34. The number of halogens is 1. The molecule has 5 rings (SSSR count). The number of fused-ring (bicyclic) bond motifs is 3. The summed E-state index contributed by atoms with van der Waals surface area (Å²) in [6, 6.07) is 9.56. The zero-order valence-corrected chi connectivity index (χ0v) is 19.3. The molecule has 0 spiro atoms. The summed E-state index contributed by atoms with van der Waals surface area (Å²) in [6.07, 6.45) is 7.11. The summed E-state index contributed by atoms with van der Waals surface area (Å²) >= 11 is 0. The van der Waals surface area contributed by atoms with Crippen LogP contribution in [0.25, 0.3) is 0 Å². The molecule has 1 N–H and O–H groups in total. The van der Waals surface area contributed by atoms with E-state index in [2.05, 4.69) is 35.4 Å². The van der Waals surface area contributed by atoms with Gasteiger partial charge in [0.2, 0.25) is 0 Å². The maximum absolute atomic E-state index is 13.2. The van der Waals surface area contributed by atoms with Crippen molar-refractivity contribution >= 4 is 17.3 Å². The first-order valence-corrected chi connectivity index (χ1v) is 11.7. The van der Waals surface area contributed by atoms with Gasteiger partial charge in [-0.2, -0.15) is 0 Å². The molecule has 170 valence electrons. The lowest BCUT2D eigenvalue weighted by Gasteiger charge is -2.31. The van der Waals surface area contributed by atoms with E-state index in [4.69, 9.17) is 9.98 Å². The highest BCUT2D eigenvalue weighted by atomic mass is 19.1. The van der Waals surface area contributed by atoms with Gasteiger partial charge in [0.25, 0.3) is 5.91 Å². The van der Waals surface area contributed by atoms with Gasteiger partial charge in [0, 0.05) is 23.7 Å². The van der Waals surface area contributed by atoms with Crippen LogP contribution in [0.15, 0.2) is 64.9 Å². The van der Waals surface area contributed by atoms with Gasteiger partial charge in [-0.05, 0) is 87.6 Å². The average molecular weight is 445 g/mol. The molecule has 3 heterocycles. The van der Waals surface area contributed by atoms with Crippen LogP contribution in [-0.2, 0) is 0 Å². The molecule has 1 aromatic heterocycles. The molecule has 3 unspecified atom stereocenters. The Labute approximate surface area is 194 Å². The van der Waals surface area contributed by atoms with E-state index in [1.807, 2.05) is 19.9 Å². The Kier molecular flexibility index (Phi) is 5.60. The summed E-state index contributed by atoms with van der Waals surface area (Å²) in [5.74, 6) is 1.51.